The number of benzene rings is 8. The average molecular weight is 798 g/mol. The first-order chi connectivity index (χ1) is 30.7. The van der Waals surface area contributed by atoms with Crippen LogP contribution in [-0.4, -0.2) is 0 Å². The molecule has 3 aliphatic rings. The molecule has 13 rings (SSSR count). The Morgan fingerprint density at radius 2 is 1.18 bits per heavy atom. The van der Waals surface area contributed by atoms with Crippen LogP contribution in [0.25, 0.3) is 83.2 Å². The first-order valence-corrected chi connectivity index (χ1v) is 22.2. The minimum atomic E-state index is 0.289. The van der Waals surface area contributed by atoms with E-state index < -0.39 is 0 Å². The fraction of sp³-hybridized carbons (Fsp3) is 0.119. The maximum Gasteiger partial charge on any atom is 0.136 e. The van der Waals surface area contributed by atoms with Crippen LogP contribution in [0, 0.1) is 5.92 Å². The molecule has 0 bridgehead atoms. The summed E-state index contributed by atoms with van der Waals surface area (Å²) in [5.74, 6) is 1.82. The third kappa shape index (κ3) is 5.72. The van der Waals surface area contributed by atoms with E-state index in [0.29, 0.717) is 5.92 Å². The normalized spacial score (nSPS) is 16.0. The van der Waals surface area contributed by atoms with Gasteiger partial charge in [0.25, 0.3) is 0 Å². The largest absolute Gasteiger partial charge is 0.456 e. The standard InChI is InChI=1S/C59H43NO2/c1-2-13-38(14-3-1)44-22-11-15-39-16-12-23-47(58(39)44)45-19-4-7-24-53(45)60(42-30-27-37(28-31-42)40-29-32-56-51(34-40)46-20-5-8-25-54(46)61-56)43-18-10-17-41(33-43)49-36-57-59(52-35-50(49)52)48-21-6-9-26-55(48)62-57/h4-12,15-36,38,50H,1-3,13-14H2/t50-/m0/s1. The van der Waals surface area contributed by atoms with E-state index in [0.717, 1.165) is 61.5 Å². The number of hydrogen-bond acceptors (Lipinski definition) is 3. The molecule has 0 N–H and O–H groups in total. The summed E-state index contributed by atoms with van der Waals surface area (Å²) in [6, 6.07) is 64.3. The lowest BCUT2D eigenvalue weighted by molar-refractivity contribution is 0.445. The fourth-order valence-electron chi connectivity index (χ4n) is 10.8. The molecule has 0 spiro atoms. The van der Waals surface area contributed by atoms with Gasteiger partial charge in [0, 0.05) is 44.6 Å². The lowest BCUT2D eigenvalue weighted by Crippen LogP contribution is -2.12. The molecular weight excluding hydrogens is 755 g/mol. The predicted octanol–water partition coefficient (Wildman–Crippen LogP) is 16.9. The van der Waals surface area contributed by atoms with Crippen molar-refractivity contribution in [2.45, 2.75) is 38.0 Å². The van der Waals surface area contributed by atoms with E-state index >= 15 is 0 Å². The molecule has 0 aliphatic heterocycles. The molecule has 3 aliphatic carbocycles. The fourth-order valence-corrected chi connectivity index (χ4v) is 10.8. The van der Waals surface area contributed by atoms with Crippen molar-refractivity contribution in [2.75, 3.05) is 4.90 Å². The summed E-state index contributed by atoms with van der Waals surface area (Å²) < 4.78 is 12.6. The molecule has 3 nitrogen and oxygen atoms in total. The first kappa shape index (κ1) is 35.4. The highest BCUT2D eigenvalue weighted by Gasteiger charge is 2.38. The molecule has 2 heterocycles. The van der Waals surface area contributed by atoms with Crippen LogP contribution in [0.4, 0.5) is 17.1 Å². The molecule has 10 aromatic rings. The van der Waals surface area contributed by atoms with Crippen molar-refractivity contribution in [2.24, 2.45) is 5.92 Å². The van der Waals surface area contributed by atoms with E-state index in [1.165, 1.54) is 87.2 Å². The van der Waals surface area contributed by atoms with Gasteiger partial charge in [-0.15, -0.1) is 0 Å². The number of anilines is 3. The van der Waals surface area contributed by atoms with Gasteiger partial charge in [-0.1, -0.05) is 147 Å². The van der Waals surface area contributed by atoms with Gasteiger partial charge in [-0.05, 0) is 129 Å². The Bertz CT molecular complexity index is 3460. The Hall–Kier alpha value is -7.36. The van der Waals surface area contributed by atoms with Crippen LogP contribution in [-0.2, 0) is 0 Å². The van der Waals surface area contributed by atoms with Crippen molar-refractivity contribution in [3.63, 3.8) is 0 Å². The quantitative estimate of drug-likeness (QED) is 0.161. The second kappa shape index (κ2) is 14.1. The third-order valence-electron chi connectivity index (χ3n) is 13.8. The summed E-state index contributed by atoms with van der Waals surface area (Å²) in [6.45, 7) is 0. The summed E-state index contributed by atoms with van der Waals surface area (Å²) in [5.41, 5.74) is 17.6. The van der Waals surface area contributed by atoms with Gasteiger partial charge >= 0.3 is 0 Å². The lowest BCUT2D eigenvalue weighted by Gasteiger charge is -2.30. The molecule has 1 fully saturated rings. The molecule has 0 unspecified atom stereocenters. The van der Waals surface area contributed by atoms with Gasteiger partial charge in [0.1, 0.15) is 22.5 Å². The zero-order valence-corrected chi connectivity index (χ0v) is 34.4. The van der Waals surface area contributed by atoms with E-state index in [-0.39, 0.29) is 5.92 Å². The smallest absolute Gasteiger partial charge is 0.136 e. The number of para-hydroxylation sites is 3. The van der Waals surface area contributed by atoms with Gasteiger partial charge in [-0.25, -0.2) is 0 Å². The van der Waals surface area contributed by atoms with Gasteiger partial charge in [0.15, 0.2) is 0 Å². The number of allylic oxidation sites excluding steroid dienone is 3. The minimum Gasteiger partial charge on any atom is -0.456 e. The van der Waals surface area contributed by atoms with Crippen LogP contribution in [0.1, 0.15) is 60.5 Å². The zero-order chi connectivity index (χ0) is 40.7. The molecule has 0 amide bonds. The van der Waals surface area contributed by atoms with E-state index in [9.17, 15) is 0 Å². The SMILES string of the molecule is C1=C(c2cccc(N(c3ccc(-c4ccc5oc6ccccc6c5c4)cc3)c3ccccc3-c3cccc4cccc(C5CCCCC5)c34)c2)[C@@H]2C=C2c2c1oc1ccccc21. The van der Waals surface area contributed by atoms with Crippen LogP contribution >= 0.6 is 0 Å². The number of fused-ring (bicyclic) bond motifs is 9. The molecule has 1 saturated carbocycles. The van der Waals surface area contributed by atoms with Crippen LogP contribution in [0.3, 0.4) is 0 Å². The predicted molar refractivity (Wildman–Crippen MR) is 258 cm³/mol. The number of hydrogen-bond donors (Lipinski definition) is 0. The highest BCUT2D eigenvalue weighted by atomic mass is 16.3. The van der Waals surface area contributed by atoms with E-state index in [2.05, 4.69) is 181 Å². The first-order valence-electron chi connectivity index (χ1n) is 22.2. The molecule has 62 heavy (non-hydrogen) atoms. The van der Waals surface area contributed by atoms with Crippen molar-refractivity contribution < 1.29 is 8.83 Å². The Morgan fingerprint density at radius 1 is 0.468 bits per heavy atom. The van der Waals surface area contributed by atoms with E-state index in [1.54, 1.807) is 0 Å². The number of nitrogens with zero attached hydrogens (tertiary/aromatic N) is 1. The second-order valence-corrected chi connectivity index (χ2v) is 17.4. The Labute approximate surface area is 360 Å². The summed E-state index contributed by atoms with van der Waals surface area (Å²) >= 11 is 0. The van der Waals surface area contributed by atoms with Gasteiger partial charge in [0.05, 0.1) is 5.69 Å². The molecule has 0 saturated heterocycles. The number of rotatable bonds is 7. The minimum absolute atomic E-state index is 0.289. The lowest BCUT2D eigenvalue weighted by atomic mass is 9.80. The second-order valence-electron chi connectivity index (χ2n) is 17.4. The maximum atomic E-state index is 6.46. The number of furan rings is 2. The molecule has 3 heteroatoms. The maximum absolute atomic E-state index is 6.46. The average Bonchev–Trinajstić information content (AvgIpc) is 3.91. The van der Waals surface area contributed by atoms with E-state index in [1.807, 2.05) is 12.1 Å². The summed E-state index contributed by atoms with van der Waals surface area (Å²) in [6.07, 6.45) is 11.1. The Morgan fingerprint density at radius 3 is 2.05 bits per heavy atom. The van der Waals surface area contributed by atoms with Crippen LogP contribution < -0.4 is 4.90 Å². The summed E-state index contributed by atoms with van der Waals surface area (Å²) in [5, 5.41) is 6.17. The van der Waals surface area contributed by atoms with Crippen molar-refractivity contribution in [3.05, 3.63) is 204 Å². The van der Waals surface area contributed by atoms with Crippen LogP contribution in [0.15, 0.2) is 191 Å². The van der Waals surface area contributed by atoms with Crippen molar-refractivity contribution in [3.8, 4) is 22.3 Å². The van der Waals surface area contributed by atoms with Crippen molar-refractivity contribution in [1.82, 2.24) is 0 Å². The summed E-state index contributed by atoms with van der Waals surface area (Å²) in [7, 11) is 0. The van der Waals surface area contributed by atoms with Crippen LogP contribution in [0.2, 0.25) is 0 Å². The molecule has 296 valence electrons. The van der Waals surface area contributed by atoms with Crippen molar-refractivity contribution in [1.29, 1.82) is 0 Å². The Balaban J connectivity index is 0.967. The van der Waals surface area contributed by atoms with Crippen LogP contribution in [0.5, 0.6) is 0 Å². The van der Waals surface area contributed by atoms with Gasteiger partial charge in [0.2, 0.25) is 0 Å². The van der Waals surface area contributed by atoms with Gasteiger partial charge < -0.3 is 13.7 Å². The topological polar surface area (TPSA) is 29.5 Å². The molecule has 0 radical (unpaired) electrons. The Kier molecular flexibility index (Phi) is 8.06. The molecular formula is C59H43NO2. The zero-order valence-electron chi connectivity index (χ0n) is 34.4. The highest BCUT2D eigenvalue weighted by molar-refractivity contribution is 6.12. The third-order valence-corrected chi connectivity index (χ3v) is 13.8. The summed E-state index contributed by atoms with van der Waals surface area (Å²) in [4.78, 5) is 2.47. The molecule has 8 aromatic carbocycles. The van der Waals surface area contributed by atoms with Gasteiger partial charge in [-0.3, -0.25) is 0 Å². The molecule has 1 atom stereocenters. The van der Waals surface area contributed by atoms with E-state index in [4.69, 9.17) is 8.83 Å². The highest BCUT2D eigenvalue weighted by Crippen LogP contribution is 2.56. The van der Waals surface area contributed by atoms with Crippen molar-refractivity contribution >= 4 is 78.0 Å². The monoisotopic (exact) mass is 797 g/mol. The molecule has 2 aromatic heterocycles. The van der Waals surface area contributed by atoms with Gasteiger partial charge in [-0.2, -0.15) is 0 Å².